The fourth-order valence-corrected chi connectivity index (χ4v) is 3.72. The summed E-state index contributed by atoms with van der Waals surface area (Å²) < 4.78 is 0.944. The second-order valence-electron chi connectivity index (χ2n) is 3.91. The molecule has 1 heterocycles. The second kappa shape index (κ2) is 6.30. The van der Waals surface area contributed by atoms with Crippen molar-refractivity contribution in [2.75, 3.05) is 6.54 Å². The van der Waals surface area contributed by atoms with Crippen LogP contribution in [0.2, 0.25) is 5.02 Å². The third kappa shape index (κ3) is 3.09. The molecule has 0 aromatic heterocycles. The van der Waals surface area contributed by atoms with Gasteiger partial charge in [-0.1, -0.05) is 41.7 Å². The highest BCUT2D eigenvalue weighted by molar-refractivity contribution is 9.10. The van der Waals surface area contributed by atoms with Crippen molar-refractivity contribution >= 4 is 67.8 Å². The molecule has 0 aliphatic carbocycles. The molecule has 20 heavy (non-hydrogen) atoms. The summed E-state index contributed by atoms with van der Waals surface area (Å²) in [5.74, 6) is -0.168. The number of nitrogens with zero attached hydrogens (tertiary/aromatic N) is 1. The van der Waals surface area contributed by atoms with Gasteiger partial charge in [0.05, 0.1) is 9.38 Å². The molecule has 1 aliphatic heterocycles. The number of thioether (sulfide) groups is 1. The number of halogens is 2. The van der Waals surface area contributed by atoms with Crippen molar-refractivity contribution in [3.05, 3.63) is 44.8 Å². The van der Waals surface area contributed by atoms with Gasteiger partial charge in [-0.25, -0.2) is 0 Å². The maximum atomic E-state index is 12.2. The van der Waals surface area contributed by atoms with Gasteiger partial charge in [-0.3, -0.25) is 9.69 Å². The summed E-state index contributed by atoms with van der Waals surface area (Å²) in [4.78, 5) is 14.1. The van der Waals surface area contributed by atoms with E-state index in [1.54, 1.807) is 24.3 Å². The van der Waals surface area contributed by atoms with Gasteiger partial charge in [-0.2, -0.15) is 0 Å². The third-order valence-electron chi connectivity index (χ3n) is 2.53. The standard InChI is InChI=1S/C13H9BrClNO2S2/c1-2-3-16-12(18)10(20-13(16)19)5-7-4-8(15)6-9(14)11(7)17/h2,4-6,17H,1,3H2/b10-5+. The lowest BCUT2D eigenvalue weighted by atomic mass is 10.2. The van der Waals surface area contributed by atoms with Crippen LogP contribution in [-0.4, -0.2) is 26.8 Å². The number of phenols is 1. The van der Waals surface area contributed by atoms with E-state index in [0.717, 1.165) is 0 Å². The molecule has 0 spiro atoms. The van der Waals surface area contributed by atoms with E-state index < -0.39 is 0 Å². The Hall–Kier alpha value is -0.820. The van der Waals surface area contributed by atoms with E-state index in [4.69, 9.17) is 23.8 Å². The van der Waals surface area contributed by atoms with Crippen LogP contribution in [0.15, 0.2) is 34.2 Å². The Labute approximate surface area is 139 Å². The Morgan fingerprint density at radius 2 is 2.25 bits per heavy atom. The Morgan fingerprint density at radius 1 is 1.55 bits per heavy atom. The number of rotatable bonds is 3. The lowest BCUT2D eigenvalue weighted by Crippen LogP contribution is -2.27. The molecule has 0 radical (unpaired) electrons. The molecule has 7 heteroatoms. The van der Waals surface area contributed by atoms with E-state index in [-0.39, 0.29) is 11.7 Å². The largest absolute Gasteiger partial charge is 0.506 e. The van der Waals surface area contributed by atoms with Gasteiger partial charge in [-0.15, -0.1) is 6.58 Å². The van der Waals surface area contributed by atoms with Gasteiger partial charge < -0.3 is 5.11 Å². The first kappa shape index (κ1) is 15.6. The zero-order chi connectivity index (χ0) is 14.9. The minimum atomic E-state index is -0.199. The van der Waals surface area contributed by atoms with E-state index >= 15 is 0 Å². The molecule has 104 valence electrons. The van der Waals surface area contributed by atoms with Crippen molar-refractivity contribution in [1.29, 1.82) is 0 Å². The van der Waals surface area contributed by atoms with E-state index in [1.165, 1.54) is 16.7 Å². The number of hydrogen-bond donors (Lipinski definition) is 1. The molecular formula is C13H9BrClNO2S2. The van der Waals surface area contributed by atoms with Gasteiger partial charge in [0, 0.05) is 17.1 Å². The van der Waals surface area contributed by atoms with Gasteiger partial charge in [0.25, 0.3) is 5.91 Å². The predicted octanol–water partition coefficient (Wildman–Crippen LogP) is 4.20. The first-order valence-electron chi connectivity index (χ1n) is 5.48. The normalized spacial score (nSPS) is 17.1. The van der Waals surface area contributed by atoms with E-state index in [9.17, 15) is 9.90 Å². The van der Waals surface area contributed by atoms with Crippen LogP contribution in [0.3, 0.4) is 0 Å². The molecule has 1 N–H and O–H groups in total. The SMILES string of the molecule is C=CCN1C(=O)/C(=C\c2cc(Cl)cc(Br)c2O)SC1=S. The Morgan fingerprint density at radius 3 is 2.90 bits per heavy atom. The minimum absolute atomic E-state index is 0.0309. The smallest absolute Gasteiger partial charge is 0.266 e. The summed E-state index contributed by atoms with van der Waals surface area (Å²) in [7, 11) is 0. The molecule has 0 saturated carbocycles. The Balaban J connectivity index is 2.40. The van der Waals surface area contributed by atoms with Gasteiger partial charge in [0.1, 0.15) is 10.1 Å². The van der Waals surface area contributed by atoms with Crippen molar-refractivity contribution in [3.8, 4) is 5.75 Å². The molecule has 1 fully saturated rings. The molecule has 1 aromatic rings. The Bertz CT molecular complexity index is 646. The molecule has 1 saturated heterocycles. The van der Waals surface area contributed by atoms with Crippen LogP contribution in [0.5, 0.6) is 5.75 Å². The predicted molar refractivity (Wildman–Crippen MR) is 90.9 cm³/mol. The fraction of sp³-hybridized carbons (Fsp3) is 0.0769. The summed E-state index contributed by atoms with van der Waals surface area (Å²) in [5.41, 5.74) is 0.462. The van der Waals surface area contributed by atoms with E-state index in [0.29, 0.717) is 30.8 Å². The molecule has 2 rings (SSSR count). The summed E-state index contributed by atoms with van der Waals surface area (Å²) in [6, 6.07) is 3.17. The van der Waals surface area contributed by atoms with Crippen LogP contribution in [0.4, 0.5) is 0 Å². The minimum Gasteiger partial charge on any atom is -0.506 e. The van der Waals surface area contributed by atoms with Crippen molar-refractivity contribution in [2.45, 2.75) is 0 Å². The highest BCUT2D eigenvalue weighted by Gasteiger charge is 2.31. The van der Waals surface area contributed by atoms with E-state index in [1.807, 2.05) is 0 Å². The van der Waals surface area contributed by atoms with Gasteiger partial charge in [0.2, 0.25) is 0 Å². The lowest BCUT2D eigenvalue weighted by molar-refractivity contribution is -0.121. The molecular weight excluding hydrogens is 382 g/mol. The molecule has 0 atom stereocenters. The number of carbonyl (C=O) groups excluding carboxylic acids is 1. The van der Waals surface area contributed by atoms with Crippen LogP contribution in [0.1, 0.15) is 5.56 Å². The second-order valence-corrected chi connectivity index (χ2v) is 6.87. The monoisotopic (exact) mass is 389 g/mol. The van der Waals surface area contributed by atoms with Crippen LogP contribution in [0, 0.1) is 0 Å². The summed E-state index contributed by atoms with van der Waals surface area (Å²) in [5, 5.41) is 10.4. The van der Waals surface area contributed by atoms with Crippen LogP contribution in [-0.2, 0) is 4.79 Å². The molecule has 0 unspecified atom stereocenters. The average Bonchev–Trinajstić information content (AvgIpc) is 2.63. The highest BCUT2D eigenvalue weighted by Crippen LogP contribution is 2.37. The maximum absolute atomic E-state index is 12.2. The van der Waals surface area contributed by atoms with Crippen molar-refractivity contribution in [3.63, 3.8) is 0 Å². The number of carbonyl (C=O) groups is 1. The number of aromatic hydroxyl groups is 1. The number of phenolic OH excluding ortho intramolecular Hbond substituents is 1. The van der Waals surface area contributed by atoms with Crippen molar-refractivity contribution in [2.24, 2.45) is 0 Å². The van der Waals surface area contributed by atoms with Crippen molar-refractivity contribution in [1.82, 2.24) is 4.90 Å². The topological polar surface area (TPSA) is 40.5 Å². The molecule has 1 aromatic carbocycles. The number of hydrogen-bond acceptors (Lipinski definition) is 4. The van der Waals surface area contributed by atoms with Gasteiger partial charge >= 0.3 is 0 Å². The lowest BCUT2D eigenvalue weighted by Gasteiger charge is -2.10. The van der Waals surface area contributed by atoms with Crippen LogP contribution in [0.25, 0.3) is 6.08 Å². The first-order valence-corrected chi connectivity index (χ1v) is 7.88. The van der Waals surface area contributed by atoms with Gasteiger partial charge in [0.15, 0.2) is 0 Å². The molecule has 1 aliphatic rings. The highest BCUT2D eigenvalue weighted by atomic mass is 79.9. The maximum Gasteiger partial charge on any atom is 0.266 e. The molecule has 0 bridgehead atoms. The van der Waals surface area contributed by atoms with Gasteiger partial charge in [-0.05, 0) is 34.1 Å². The zero-order valence-corrected chi connectivity index (χ0v) is 14.1. The van der Waals surface area contributed by atoms with Crippen LogP contribution < -0.4 is 0 Å². The number of thiocarbonyl (C=S) groups is 1. The fourth-order valence-electron chi connectivity index (χ4n) is 1.62. The quantitative estimate of drug-likeness (QED) is 0.477. The van der Waals surface area contributed by atoms with Crippen molar-refractivity contribution < 1.29 is 9.90 Å². The third-order valence-corrected chi connectivity index (χ3v) is 4.73. The van der Waals surface area contributed by atoms with E-state index in [2.05, 4.69) is 22.5 Å². The summed E-state index contributed by atoms with van der Waals surface area (Å²) in [6.45, 7) is 3.96. The number of amides is 1. The summed E-state index contributed by atoms with van der Waals surface area (Å²) >= 11 is 15.5. The summed E-state index contributed by atoms with van der Waals surface area (Å²) in [6.07, 6.45) is 3.19. The molecule has 1 amide bonds. The zero-order valence-electron chi connectivity index (χ0n) is 10.1. The molecule has 3 nitrogen and oxygen atoms in total. The van der Waals surface area contributed by atoms with Crippen LogP contribution >= 0.6 is 51.5 Å². The first-order chi connectivity index (χ1) is 9.43. The Kier molecular flexibility index (Phi) is 4.90. The number of benzene rings is 1. The average molecular weight is 391 g/mol.